The molecule has 1 heterocycles. The smallest absolute Gasteiger partial charge is 0.187 e. The number of hydrogen-bond donors (Lipinski definition) is 1. The van der Waals surface area contributed by atoms with Crippen molar-refractivity contribution in [2.75, 3.05) is 37.4 Å². The Bertz CT molecular complexity index is 606. The van der Waals surface area contributed by atoms with Gasteiger partial charge in [-0.1, -0.05) is 0 Å². The second-order valence-electron chi connectivity index (χ2n) is 5.89. The SMILES string of the molecule is CN(CCOCC1CC1)c1snc(N)c1S(=O)(=O)C1CC1. The van der Waals surface area contributed by atoms with Gasteiger partial charge >= 0.3 is 0 Å². The predicted octanol–water partition coefficient (Wildman–Crippen LogP) is 1.52. The largest absolute Gasteiger partial charge is 0.382 e. The molecular weight excluding hydrogens is 310 g/mol. The van der Waals surface area contributed by atoms with Crippen molar-refractivity contribution in [1.82, 2.24) is 4.37 Å². The summed E-state index contributed by atoms with van der Waals surface area (Å²) in [7, 11) is -1.46. The van der Waals surface area contributed by atoms with Crippen molar-refractivity contribution < 1.29 is 13.2 Å². The van der Waals surface area contributed by atoms with Crippen molar-refractivity contribution >= 4 is 32.2 Å². The minimum atomic E-state index is -3.32. The molecular formula is C13H21N3O3S2. The lowest BCUT2D eigenvalue weighted by molar-refractivity contribution is 0.131. The van der Waals surface area contributed by atoms with Crippen molar-refractivity contribution in [3.63, 3.8) is 0 Å². The molecule has 8 heteroatoms. The van der Waals surface area contributed by atoms with Crippen LogP contribution in [0.2, 0.25) is 0 Å². The first-order valence-corrected chi connectivity index (χ1v) is 9.60. The molecule has 118 valence electrons. The molecule has 2 saturated carbocycles. The second-order valence-corrected chi connectivity index (χ2v) is 8.80. The minimum absolute atomic E-state index is 0.132. The van der Waals surface area contributed by atoms with Gasteiger partial charge in [-0.15, -0.1) is 0 Å². The summed E-state index contributed by atoms with van der Waals surface area (Å²) in [5.41, 5.74) is 5.80. The first kappa shape index (κ1) is 15.1. The van der Waals surface area contributed by atoms with E-state index in [0.29, 0.717) is 18.2 Å². The van der Waals surface area contributed by atoms with Crippen LogP contribution in [0.1, 0.15) is 25.7 Å². The summed E-state index contributed by atoms with van der Waals surface area (Å²) in [6.07, 6.45) is 3.99. The molecule has 1 aromatic heterocycles. The molecule has 2 N–H and O–H groups in total. The number of anilines is 2. The van der Waals surface area contributed by atoms with Crippen LogP contribution in [-0.2, 0) is 14.6 Å². The van der Waals surface area contributed by atoms with E-state index in [1.165, 1.54) is 12.8 Å². The number of sulfone groups is 1. The molecule has 0 saturated heterocycles. The molecule has 2 aliphatic rings. The Morgan fingerprint density at radius 2 is 2.10 bits per heavy atom. The summed E-state index contributed by atoms with van der Waals surface area (Å²) in [5.74, 6) is 0.868. The van der Waals surface area contributed by atoms with Crippen LogP contribution in [0.15, 0.2) is 4.90 Å². The van der Waals surface area contributed by atoms with Gasteiger partial charge in [0.1, 0.15) is 9.90 Å². The normalized spacial score (nSPS) is 18.9. The Kier molecular flexibility index (Phi) is 4.11. The Morgan fingerprint density at radius 1 is 1.38 bits per heavy atom. The molecule has 0 spiro atoms. The summed E-state index contributed by atoms with van der Waals surface area (Å²) in [6.45, 7) is 2.04. The standard InChI is InChI=1S/C13H21N3O3S2/c1-16(6-7-19-8-9-2-3-9)13-11(12(14)15-20-13)21(17,18)10-4-5-10/h9-10H,2-8H2,1H3,(H2,14,15). The fourth-order valence-corrected chi connectivity index (χ4v) is 5.22. The fourth-order valence-electron chi connectivity index (χ4n) is 2.18. The molecule has 0 bridgehead atoms. The Labute approximate surface area is 129 Å². The number of hydrogen-bond acceptors (Lipinski definition) is 7. The molecule has 2 aliphatic carbocycles. The van der Waals surface area contributed by atoms with Crippen LogP contribution in [-0.4, -0.2) is 44.8 Å². The van der Waals surface area contributed by atoms with Crippen LogP contribution in [0.3, 0.4) is 0 Å². The first-order valence-electron chi connectivity index (χ1n) is 7.28. The predicted molar refractivity (Wildman–Crippen MR) is 83.5 cm³/mol. The highest BCUT2D eigenvalue weighted by atomic mass is 32.2. The van der Waals surface area contributed by atoms with Gasteiger partial charge in [-0.3, -0.25) is 0 Å². The third kappa shape index (κ3) is 3.32. The highest BCUT2D eigenvalue weighted by Gasteiger charge is 2.41. The average Bonchev–Trinajstić information content (AvgIpc) is 3.32. The van der Waals surface area contributed by atoms with Crippen molar-refractivity contribution in [2.24, 2.45) is 5.92 Å². The topological polar surface area (TPSA) is 85.5 Å². The van der Waals surface area contributed by atoms with Gasteiger partial charge in [0.2, 0.25) is 0 Å². The van der Waals surface area contributed by atoms with E-state index in [-0.39, 0.29) is 16.0 Å². The zero-order chi connectivity index (χ0) is 15.0. The van der Waals surface area contributed by atoms with Crippen molar-refractivity contribution in [2.45, 2.75) is 35.8 Å². The van der Waals surface area contributed by atoms with Gasteiger partial charge < -0.3 is 15.4 Å². The van der Waals surface area contributed by atoms with Gasteiger partial charge in [0.05, 0.1) is 11.9 Å². The van der Waals surface area contributed by atoms with E-state index >= 15 is 0 Å². The lowest BCUT2D eigenvalue weighted by atomic mass is 10.5. The number of nitrogens with two attached hydrogens (primary N) is 1. The summed E-state index contributed by atoms with van der Waals surface area (Å²) in [6, 6.07) is 0. The highest BCUT2D eigenvalue weighted by Crippen LogP contribution is 2.42. The molecule has 2 fully saturated rings. The van der Waals surface area contributed by atoms with Gasteiger partial charge in [0.15, 0.2) is 15.7 Å². The maximum absolute atomic E-state index is 12.5. The number of rotatable bonds is 8. The van der Waals surface area contributed by atoms with Crippen molar-refractivity contribution in [1.29, 1.82) is 0 Å². The third-order valence-corrected chi connectivity index (χ3v) is 7.30. The molecule has 0 unspecified atom stereocenters. The van der Waals surface area contributed by atoms with Gasteiger partial charge in [-0.2, -0.15) is 4.37 Å². The third-order valence-electron chi connectivity index (χ3n) is 3.87. The maximum atomic E-state index is 12.5. The molecule has 21 heavy (non-hydrogen) atoms. The van der Waals surface area contributed by atoms with Crippen LogP contribution in [0.4, 0.5) is 10.8 Å². The lowest BCUT2D eigenvalue weighted by Gasteiger charge is -2.18. The van der Waals surface area contributed by atoms with E-state index < -0.39 is 9.84 Å². The maximum Gasteiger partial charge on any atom is 0.187 e. The molecule has 0 aliphatic heterocycles. The number of ether oxygens (including phenoxy) is 1. The average molecular weight is 331 g/mol. The van der Waals surface area contributed by atoms with Crippen LogP contribution < -0.4 is 10.6 Å². The van der Waals surface area contributed by atoms with Crippen LogP contribution >= 0.6 is 11.5 Å². The Morgan fingerprint density at radius 3 is 2.71 bits per heavy atom. The molecule has 0 radical (unpaired) electrons. The van der Waals surface area contributed by atoms with E-state index in [1.54, 1.807) is 0 Å². The van der Waals surface area contributed by atoms with E-state index in [1.807, 2.05) is 11.9 Å². The molecule has 0 aromatic carbocycles. The quantitative estimate of drug-likeness (QED) is 0.727. The molecule has 3 rings (SSSR count). The lowest BCUT2D eigenvalue weighted by Crippen LogP contribution is -2.24. The highest BCUT2D eigenvalue weighted by molar-refractivity contribution is 7.92. The van der Waals surface area contributed by atoms with Crippen molar-refractivity contribution in [3.05, 3.63) is 0 Å². The van der Waals surface area contributed by atoms with Crippen LogP contribution in [0.25, 0.3) is 0 Å². The first-order chi connectivity index (χ1) is 10.00. The fraction of sp³-hybridized carbons (Fsp3) is 0.769. The van der Waals surface area contributed by atoms with E-state index in [9.17, 15) is 8.42 Å². The Balaban J connectivity index is 1.66. The van der Waals surface area contributed by atoms with Gasteiger partial charge in [0.25, 0.3) is 0 Å². The van der Waals surface area contributed by atoms with E-state index in [4.69, 9.17) is 10.5 Å². The van der Waals surface area contributed by atoms with E-state index in [0.717, 1.165) is 36.9 Å². The van der Waals surface area contributed by atoms with Gasteiger partial charge in [-0.25, -0.2) is 8.42 Å². The molecule has 1 aromatic rings. The van der Waals surface area contributed by atoms with E-state index in [2.05, 4.69) is 4.37 Å². The second kappa shape index (κ2) is 5.73. The number of nitrogen functional groups attached to an aromatic ring is 1. The molecule has 6 nitrogen and oxygen atoms in total. The number of aromatic nitrogens is 1. The summed E-state index contributed by atoms with van der Waals surface area (Å²) >= 11 is 1.15. The zero-order valence-electron chi connectivity index (χ0n) is 12.1. The molecule has 0 amide bonds. The summed E-state index contributed by atoms with van der Waals surface area (Å²) < 4.78 is 34.6. The van der Waals surface area contributed by atoms with Gasteiger partial charge in [-0.05, 0) is 43.1 Å². The zero-order valence-corrected chi connectivity index (χ0v) is 13.8. The summed E-state index contributed by atoms with van der Waals surface area (Å²) in [4.78, 5) is 2.11. The van der Waals surface area contributed by atoms with Crippen LogP contribution in [0.5, 0.6) is 0 Å². The minimum Gasteiger partial charge on any atom is -0.382 e. The Hall–Kier alpha value is -0.860. The number of likely N-dealkylation sites (N-methyl/N-ethyl adjacent to an activating group) is 1. The monoisotopic (exact) mass is 331 g/mol. The van der Waals surface area contributed by atoms with Crippen LogP contribution in [0, 0.1) is 5.92 Å². The number of nitrogens with zero attached hydrogens (tertiary/aromatic N) is 2. The van der Waals surface area contributed by atoms with Gasteiger partial charge in [0, 0.05) is 20.2 Å². The van der Waals surface area contributed by atoms with Crippen molar-refractivity contribution in [3.8, 4) is 0 Å². The summed E-state index contributed by atoms with van der Waals surface area (Å²) in [5, 5.41) is 0.365. The molecule has 0 atom stereocenters.